The number of likely N-dealkylation sites (N-methyl/N-ethyl adjacent to an activating group) is 1. The van der Waals surface area contributed by atoms with E-state index >= 15 is 0 Å². The third kappa shape index (κ3) is 1.28. The second kappa shape index (κ2) is 4.06. The fourth-order valence-corrected chi connectivity index (χ4v) is 4.70. The first-order chi connectivity index (χ1) is 14.8. The molecule has 2 bridgehead atoms. The van der Waals surface area contributed by atoms with Gasteiger partial charge in [-0.25, -0.2) is 0 Å². The van der Waals surface area contributed by atoms with Gasteiger partial charge in [-0.3, -0.25) is 0 Å². The summed E-state index contributed by atoms with van der Waals surface area (Å²) in [6, 6.07) is -2.47. The summed E-state index contributed by atoms with van der Waals surface area (Å²) in [4.78, 5) is 1.15. The molecule has 2 unspecified atom stereocenters. The van der Waals surface area contributed by atoms with Crippen molar-refractivity contribution in [2.45, 2.75) is 36.5 Å². The number of rotatable bonds is 2. The fraction of sp³-hybridized carbons (Fsp3) is 0.556. The van der Waals surface area contributed by atoms with Crippen LogP contribution in [0.25, 0.3) is 0 Å². The number of nitrogens with zero attached hydrogens (tertiary/aromatic N) is 1. The Morgan fingerprint density at radius 3 is 3.45 bits per heavy atom. The van der Waals surface area contributed by atoms with Crippen molar-refractivity contribution in [2.24, 2.45) is 5.92 Å². The van der Waals surface area contributed by atoms with Crippen LogP contribution >= 0.6 is 0 Å². The molecule has 2 heterocycles. The lowest BCUT2D eigenvalue weighted by Gasteiger charge is -2.56. The Morgan fingerprint density at radius 2 is 2.59 bits per heavy atom. The van der Waals surface area contributed by atoms with Gasteiger partial charge >= 0.3 is 0 Å². The first kappa shape index (κ1) is 6.54. The molecule has 22 heavy (non-hydrogen) atoms. The third-order valence-electron chi connectivity index (χ3n) is 5.54. The second-order valence-electron chi connectivity index (χ2n) is 6.34. The number of piperidine rings is 1. The monoisotopic (exact) mass is 309 g/mol. The van der Waals surface area contributed by atoms with Gasteiger partial charge in [0, 0.05) is 28.4 Å². The van der Waals surface area contributed by atoms with Crippen LogP contribution in [0, 0.1) is 5.92 Å². The molecular formula is C18H21NO3. The van der Waals surface area contributed by atoms with E-state index in [9.17, 15) is 1.37 Å². The van der Waals surface area contributed by atoms with Crippen LogP contribution < -0.4 is 9.47 Å². The molecule has 0 radical (unpaired) electrons. The third-order valence-corrected chi connectivity index (χ3v) is 5.54. The predicted octanol–water partition coefficient (Wildman–Crippen LogP) is 1.50. The van der Waals surface area contributed by atoms with Crippen LogP contribution in [0.4, 0.5) is 0 Å². The number of hydrogen-bond acceptors (Lipinski definition) is 4. The van der Waals surface area contributed by atoms with Gasteiger partial charge in [-0.15, -0.1) is 0 Å². The Bertz CT molecular complexity index is 1020. The van der Waals surface area contributed by atoms with Crippen molar-refractivity contribution >= 4 is 0 Å². The number of aliphatic hydroxyl groups excluding tert-OH is 1. The highest BCUT2D eigenvalue weighted by atomic mass is 16.5. The molecule has 0 amide bonds. The topological polar surface area (TPSA) is 41.9 Å². The average Bonchev–Trinajstić information content (AvgIpc) is 3.00. The van der Waals surface area contributed by atoms with E-state index in [0.717, 1.165) is 4.90 Å². The maximum absolute atomic E-state index is 9.32. The zero-order valence-corrected chi connectivity index (χ0v) is 11.7. The Morgan fingerprint density at radius 1 is 1.59 bits per heavy atom. The minimum absolute atomic E-state index is 0.0160. The standard InChI is InChI=1S/C18H21NO3/c1-19-8-7-18-11-4-5-13(20)17(18)22-16-14(21-2)6-3-10(15(16)18)9-12(11)19/h3-6,11-13,17,20H,7-9H2,1-2H3/t11-,12+,13?,17?,18-/m0/s1/i1D3,2D3,3D,6D,12D,20D. The normalized spacial score (nSPS) is 52.1. The first-order valence-corrected chi connectivity index (χ1v) is 7.36. The maximum atomic E-state index is 9.32. The molecule has 1 spiro atoms. The molecule has 0 aromatic heterocycles. The molecule has 4 aliphatic rings. The summed E-state index contributed by atoms with van der Waals surface area (Å²) in [5, 5.41) is 4.87. The molecule has 116 valence electrons. The van der Waals surface area contributed by atoms with E-state index in [1.807, 2.05) is 0 Å². The lowest BCUT2D eigenvalue weighted by atomic mass is 9.53. The largest absolute Gasteiger partial charge is 0.493 e. The molecule has 0 saturated carbocycles. The molecule has 4 nitrogen and oxygen atoms in total. The maximum Gasteiger partial charge on any atom is 0.211 e. The number of aliphatic hydroxyl groups is 1. The Hall–Kier alpha value is -1.52. The van der Waals surface area contributed by atoms with Gasteiger partial charge in [-0.05, 0) is 38.0 Å². The summed E-state index contributed by atoms with van der Waals surface area (Å²) in [5.74, 6) is -1.04. The number of hydrogen-bond donors (Lipinski definition) is 1. The van der Waals surface area contributed by atoms with Crippen molar-refractivity contribution in [2.75, 3.05) is 20.6 Å². The quantitative estimate of drug-likeness (QED) is 0.841. The van der Waals surface area contributed by atoms with Gasteiger partial charge in [0.15, 0.2) is 11.5 Å². The SMILES string of the molecule is [2H]OC1C=C[C@@H]2[C@@]34CCN(C([2H])([2H])[2H])[C@]2([2H])Cc2c([2H])c([2H])c(OC([2H])([2H])[2H])c(c23)OC14. The molecule has 5 rings (SSSR count). The summed E-state index contributed by atoms with van der Waals surface area (Å²) in [6.07, 6.45) is 1.62. The minimum atomic E-state index is -2.89. The van der Waals surface area contributed by atoms with E-state index in [1.165, 1.54) is 0 Å². The van der Waals surface area contributed by atoms with E-state index in [0.29, 0.717) is 5.56 Å². The van der Waals surface area contributed by atoms with Crippen molar-refractivity contribution < 1.29 is 26.9 Å². The Kier molecular flexibility index (Phi) is 1.21. The van der Waals surface area contributed by atoms with E-state index in [-0.39, 0.29) is 42.5 Å². The van der Waals surface area contributed by atoms with Gasteiger partial charge in [0.05, 0.1) is 13.9 Å². The zero-order chi connectivity index (χ0) is 23.4. The van der Waals surface area contributed by atoms with Crippen LogP contribution in [-0.2, 0) is 11.8 Å². The molecule has 5 atom stereocenters. The zero-order valence-electron chi connectivity index (χ0n) is 21.7. The molecule has 1 aromatic rings. The molecule has 1 N–H and O–H groups in total. The van der Waals surface area contributed by atoms with Crippen molar-refractivity contribution in [3.05, 3.63) is 35.4 Å². The molecule has 4 heteroatoms. The summed E-state index contributed by atoms with van der Waals surface area (Å²) in [6.45, 7) is -2.51. The fourth-order valence-electron chi connectivity index (χ4n) is 4.70. The molecule has 2 aliphatic carbocycles. The Labute approximate surface area is 144 Å². The van der Waals surface area contributed by atoms with E-state index in [4.69, 9.17) is 27.0 Å². The second-order valence-corrected chi connectivity index (χ2v) is 6.34. The minimum Gasteiger partial charge on any atom is -0.493 e. The van der Waals surface area contributed by atoms with Gasteiger partial charge in [-0.1, -0.05) is 18.2 Å². The van der Waals surface area contributed by atoms with Gasteiger partial charge < -0.3 is 19.5 Å². The van der Waals surface area contributed by atoms with Crippen LogP contribution in [-0.4, -0.2) is 50.2 Å². The highest BCUT2D eigenvalue weighted by Gasteiger charge is 2.64. The lowest BCUT2D eigenvalue weighted by Crippen LogP contribution is -2.64. The van der Waals surface area contributed by atoms with Crippen LogP contribution in [0.3, 0.4) is 0 Å². The summed E-state index contributed by atoms with van der Waals surface area (Å²) in [5.41, 5.74) is -0.250. The van der Waals surface area contributed by atoms with Crippen molar-refractivity contribution in [3.63, 3.8) is 0 Å². The molecule has 2 aliphatic heterocycles. The predicted molar refractivity (Wildman–Crippen MR) is 82.5 cm³/mol. The smallest absolute Gasteiger partial charge is 0.211 e. The van der Waals surface area contributed by atoms with Crippen LogP contribution in [0.2, 0.25) is 0 Å². The number of benzene rings is 1. The van der Waals surface area contributed by atoms with Crippen molar-refractivity contribution in [1.29, 1.82) is 1.43 Å². The van der Waals surface area contributed by atoms with Crippen molar-refractivity contribution in [3.8, 4) is 11.5 Å². The number of methoxy groups -OCH3 is 1. The van der Waals surface area contributed by atoms with Crippen LogP contribution in [0.5, 0.6) is 11.5 Å². The summed E-state index contributed by atoms with van der Waals surface area (Å²) in [7, 11) is -2.89. The van der Waals surface area contributed by atoms with Crippen LogP contribution in [0.1, 0.15) is 29.9 Å². The van der Waals surface area contributed by atoms with Crippen LogP contribution in [0.15, 0.2) is 24.2 Å². The number of likely N-dealkylation sites (tertiary alicyclic amines) is 1. The highest BCUT2D eigenvalue weighted by Crippen LogP contribution is 2.62. The first-order valence-electron chi connectivity index (χ1n) is 12.3. The molecule has 1 fully saturated rings. The van der Waals surface area contributed by atoms with Crippen molar-refractivity contribution in [1.82, 2.24) is 4.90 Å². The highest BCUT2D eigenvalue weighted by molar-refractivity contribution is 5.62. The average molecular weight is 309 g/mol. The lowest BCUT2D eigenvalue weighted by molar-refractivity contribution is -0.0453. The number of ether oxygens (including phenoxy) is 2. The van der Waals surface area contributed by atoms with Gasteiger partial charge in [0.1, 0.15) is 12.2 Å². The van der Waals surface area contributed by atoms with E-state index < -0.39 is 49.6 Å². The Balaban J connectivity index is 1.82. The summed E-state index contributed by atoms with van der Waals surface area (Å²) >= 11 is 0. The van der Waals surface area contributed by atoms with Gasteiger partial charge in [-0.2, -0.15) is 0 Å². The van der Waals surface area contributed by atoms with Gasteiger partial charge in [0.25, 0.3) is 0 Å². The molecule has 1 saturated heterocycles. The van der Waals surface area contributed by atoms with E-state index in [1.54, 1.807) is 12.2 Å². The molecular weight excluding hydrogens is 278 g/mol. The van der Waals surface area contributed by atoms with Gasteiger partial charge in [0.2, 0.25) is 1.43 Å². The molecule has 1 aromatic carbocycles. The van der Waals surface area contributed by atoms with E-state index in [2.05, 4.69) is 0 Å². The summed E-state index contributed by atoms with van der Waals surface area (Å²) < 4.78 is 91.5.